The summed E-state index contributed by atoms with van der Waals surface area (Å²) in [5.41, 5.74) is 2.23. The molecule has 31 heavy (non-hydrogen) atoms. The molecule has 164 valence electrons. The van der Waals surface area contributed by atoms with Crippen molar-refractivity contribution >= 4 is 29.1 Å². The van der Waals surface area contributed by atoms with Crippen molar-refractivity contribution in [3.05, 3.63) is 58.6 Å². The van der Waals surface area contributed by atoms with Crippen LogP contribution in [-0.2, 0) is 9.59 Å². The predicted molar refractivity (Wildman–Crippen MR) is 120 cm³/mol. The minimum atomic E-state index is -0.422. The monoisotopic (exact) mass is 443 g/mol. The van der Waals surface area contributed by atoms with E-state index in [-0.39, 0.29) is 18.4 Å². The van der Waals surface area contributed by atoms with E-state index in [0.717, 1.165) is 11.1 Å². The zero-order valence-corrected chi connectivity index (χ0v) is 18.8. The summed E-state index contributed by atoms with van der Waals surface area (Å²) in [5, 5.41) is 6.61. The normalized spacial score (nSPS) is 15.5. The van der Waals surface area contributed by atoms with Gasteiger partial charge in [0, 0.05) is 36.0 Å². The minimum absolute atomic E-state index is 0.0746. The standard InChI is InChI=1S/C23H26ClN3O4/c1-5-22(28)26(2)14-23(29)27-20(17-12-15(30-3)10-11-21(17)31-4)13-19(25-27)16-8-6-7-9-18(16)24/h6-12,20H,5,13-14H2,1-4H3/t20-/m0/s1. The first-order valence-corrected chi connectivity index (χ1v) is 10.4. The SMILES string of the molecule is CCC(=O)N(C)CC(=O)N1N=C(c2ccccc2Cl)C[C@H]1c1cc(OC)ccc1OC. The molecule has 0 saturated heterocycles. The summed E-state index contributed by atoms with van der Waals surface area (Å²) in [6, 6.07) is 12.4. The van der Waals surface area contributed by atoms with Crippen LogP contribution in [0.25, 0.3) is 0 Å². The van der Waals surface area contributed by atoms with Crippen molar-refractivity contribution < 1.29 is 19.1 Å². The maximum atomic E-state index is 13.2. The Morgan fingerprint density at radius 2 is 1.94 bits per heavy atom. The number of ether oxygens (including phenoxy) is 2. The maximum Gasteiger partial charge on any atom is 0.262 e. The largest absolute Gasteiger partial charge is 0.497 e. The minimum Gasteiger partial charge on any atom is -0.497 e. The van der Waals surface area contributed by atoms with Gasteiger partial charge in [-0.2, -0.15) is 5.10 Å². The molecule has 2 aromatic rings. The molecule has 0 aromatic heterocycles. The smallest absolute Gasteiger partial charge is 0.262 e. The van der Waals surface area contributed by atoms with Crippen molar-refractivity contribution in [2.75, 3.05) is 27.8 Å². The Balaban J connectivity index is 2.02. The Labute approximate surface area is 187 Å². The predicted octanol–water partition coefficient (Wildman–Crippen LogP) is 3.90. The molecule has 1 aliphatic heterocycles. The Morgan fingerprint density at radius 3 is 2.58 bits per heavy atom. The van der Waals surface area contributed by atoms with Gasteiger partial charge in [0.1, 0.15) is 18.0 Å². The second kappa shape index (κ2) is 9.83. The van der Waals surface area contributed by atoms with Crippen molar-refractivity contribution in [2.45, 2.75) is 25.8 Å². The number of methoxy groups -OCH3 is 2. The van der Waals surface area contributed by atoms with E-state index >= 15 is 0 Å². The van der Waals surface area contributed by atoms with E-state index in [1.165, 1.54) is 9.91 Å². The van der Waals surface area contributed by atoms with Crippen LogP contribution in [0.4, 0.5) is 0 Å². The molecule has 2 amide bonds. The number of hydrogen-bond donors (Lipinski definition) is 0. The lowest BCUT2D eigenvalue weighted by molar-refractivity contribution is -0.140. The lowest BCUT2D eigenvalue weighted by atomic mass is 9.97. The van der Waals surface area contributed by atoms with E-state index < -0.39 is 6.04 Å². The second-order valence-electron chi connectivity index (χ2n) is 7.20. The summed E-state index contributed by atoms with van der Waals surface area (Å²) in [5.74, 6) is 0.865. The summed E-state index contributed by atoms with van der Waals surface area (Å²) in [4.78, 5) is 26.6. The van der Waals surface area contributed by atoms with E-state index in [0.29, 0.717) is 35.1 Å². The van der Waals surface area contributed by atoms with Crippen molar-refractivity contribution in [1.82, 2.24) is 9.91 Å². The quantitative estimate of drug-likeness (QED) is 0.650. The first kappa shape index (κ1) is 22.6. The number of halogens is 1. The lowest BCUT2D eigenvalue weighted by Gasteiger charge is -2.26. The number of hydrogen-bond acceptors (Lipinski definition) is 5. The van der Waals surface area contributed by atoms with Gasteiger partial charge in [-0.15, -0.1) is 0 Å². The number of benzene rings is 2. The molecule has 0 bridgehead atoms. The van der Waals surface area contributed by atoms with E-state index in [4.69, 9.17) is 21.1 Å². The molecule has 0 aliphatic carbocycles. The molecule has 2 aromatic carbocycles. The average molecular weight is 444 g/mol. The Hall–Kier alpha value is -3.06. The van der Waals surface area contributed by atoms with Crippen LogP contribution in [0.1, 0.15) is 36.9 Å². The summed E-state index contributed by atoms with van der Waals surface area (Å²) in [6.07, 6.45) is 0.773. The number of nitrogens with zero attached hydrogens (tertiary/aromatic N) is 3. The van der Waals surface area contributed by atoms with Crippen LogP contribution in [-0.4, -0.2) is 55.2 Å². The number of rotatable bonds is 7. The molecule has 7 nitrogen and oxygen atoms in total. The summed E-state index contributed by atoms with van der Waals surface area (Å²) in [6.45, 7) is 1.69. The van der Waals surface area contributed by atoms with Gasteiger partial charge in [0.15, 0.2) is 0 Å². The molecule has 0 radical (unpaired) electrons. The number of amides is 2. The molecule has 0 N–H and O–H groups in total. The molecule has 1 atom stereocenters. The first-order chi connectivity index (χ1) is 14.9. The van der Waals surface area contributed by atoms with Gasteiger partial charge in [0.2, 0.25) is 5.91 Å². The highest BCUT2D eigenvalue weighted by Gasteiger charge is 2.36. The fourth-order valence-electron chi connectivity index (χ4n) is 3.57. The maximum absolute atomic E-state index is 13.2. The van der Waals surface area contributed by atoms with Crippen molar-refractivity contribution in [3.63, 3.8) is 0 Å². The van der Waals surface area contributed by atoms with Gasteiger partial charge in [-0.3, -0.25) is 9.59 Å². The number of likely N-dealkylation sites (N-methyl/N-ethyl adjacent to an activating group) is 1. The summed E-state index contributed by atoms with van der Waals surface area (Å²) in [7, 11) is 4.77. The number of carbonyl (C=O) groups is 2. The van der Waals surface area contributed by atoms with Crippen molar-refractivity contribution in [1.29, 1.82) is 0 Å². The van der Waals surface area contributed by atoms with E-state index in [2.05, 4.69) is 5.10 Å². The zero-order valence-electron chi connectivity index (χ0n) is 18.1. The molecule has 1 aliphatic rings. The van der Waals surface area contributed by atoms with Crippen LogP contribution < -0.4 is 9.47 Å². The van der Waals surface area contributed by atoms with Crippen LogP contribution in [0, 0.1) is 0 Å². The number of hydrazone groups is 1. The molecule has 8 heteroatoms. The lowest BCUT2D eigenvalue weighted by Crippen LogP contribution is -2.39. The highest BCUT2D eigenvalue weighted by molar-refractivity contribution is 6.34. The third-order valence-corrected chi connectivity index (χ3v) is 5.58. The van der Waals surface area contributed by atoms with Crippen LogP contribution in [0.3, 0.4) is 0 Å². The highest BCUT2D eigenvalue weighted by Crippen LogP contribution is 2.40. The third kappa shape index (κ3) is 4.82. The van der Waals surface area contributed by atoms with E-state index in [1.54, 1.807) is 46.4 Å². The molecule has 0 saturated carbocycles. The van der Waals surface area contributed by atoms with Crippen LogP contribution in [0.2, 0.25) is 5.02 Å². The van der Waals surface area contributed by atoms with Gasteiger partial charge >= 0.3 is 0 Å². The second-order valence-corrected chi connectivity index (χ2v) is 7.60. The van der Waals surface area contributed by atoms with Crippen molar-refractivity contribution in [3.8, 4) is 11.5 Å². The zero-order chi connectivity index (χ0) is 22.5. The molecule has 0 unspecified atom stereocenters. The van der Waals surface area contributed by atoms with Gasteiger partial charge in [-0.25, -0.2) is 5.01 Å². The summed E-state index contributed by atoms with van der Waals surface area (Å²) < 4.78 is 10.9. The molecular formula is C23H26ClN3O4. The van der Waals surface area contributed by atoms with Gasteiger partial charge in [-0.05, 0) is 24.3 Å². The van der Waals surface area contributed by atoms with Gasteiger partial charge in [0.05, 0.1) is 26.0 Å². The topological polar surface area (TPSA) is 71.4 Å². The molecule has 0 spiro atoms. The van der Waals surface area contributed by atoms with Gasteiger partial charge in [-0.1, -0.05) is 36.7 Å². The van der Waals surface area contributed by atoms with Gasteiger partial charge in [0.25, 0.3) is 5.91 Å². The Morgan fingerprint density at radius 1 is 1.19 bits per heavy atom. The fourth-order valence-corrected chi connectivity index (χ4v) is 3.82. The van der Waals surface area contributed by atoms with Crippen LogP contribution in [0.5, 0.6) is 11.5 Å². The third-order valence-electron chi connectivity index (χ3n) is 5.25. The first-order valence-electron chi connectivity index (χ1n) is 9.99. The highest BCUT2D eigenvalue weighted by atomic mass is 35.5. The van der Waals surface area contributed by atoms with Crippen LogP contribution >= 0.6 is 11.6 Å². The Bertz CT molecular complexity index is 1010. The van der Waals surface area contributed by atoms with E-state index in [9.17, 15) is 9.59 Å². The van der Waals surface area contributed by atoms with Crippen molar-refractivity contribution in [2.24, 2.45) is 5.10 Å². The molecule has 0 fully saturated rings. The fraction of sp³-hybridized carbons (Fsp3) is 0.348. The average Bonchev–Trinajstić information content (AvgIpc) is 3.23. The Kier molecular flexibility index (Phi) is 7.17. The molecule has 3 rings (SSSR count). The summed E-state index contributed by atoms with van der Waals surface area (Å²) >= 11 is 6.39. The molecule has 1 heterocycles. The number of carbonyl (C=O) groups excluding carboxylic acids is 2. The van der Waals surface area contributed by atoms with Gasteiger partial charge < -0.3 is 14.4 Å². The van der Waals surface area contributed by atoms with Crippen LogP contribution in [0.15, 0.2) is 47.6 Å². The van der Waals surface area contributed by atoms with E-state index in [1.807, 2.05) is 24.3 Å². The molecular weight excluding hydrogens is 418 g/mol.